The van der Waals surface area contributed by atoms with Crippen molar-refractivity contribution in [3.63, 3.8) is 0 Å². The number of H-pyrrole nitrogens is 1. The van der Waals surface area contributed by atoms with Crippen LogP contribution < -0.4 is 5.73 Å². The van der Waals surface area contributed by atoms with Gasteiger partial charge in [-0.25, -0.2) is 4.98 Å². The number of aliphatic carboxylic acids is 1. The molecule has 2 aromatic rings. The van der Waals surface area contributed by atoms with Gasteiger partial charge >= 0.3 is 5.97 Å². The van der Waals surface area contributed by atoms with Gasteiger partial charge in [0.1, 0.15) is 11.4 Å². The van der Waals surface area contributed by atoms with Crippen molar-refractivity contribution >= 4 is 17.0 Å². The lowest BCUT2D eigenvalue weighted by molar-refractivity contribution is -0.142. The monoisotopic (exact) mass is 233 g/mol. The van der Waals surface area contributed by atoms with E-state index in [2.05, 4.69) is 9.97 Å². The fraction of sp³-hybridized carbons (Fsp3) is 0.333. The lowest BCUT2D eigenvalue weighted by atomic mass is 9.97. The predicted molar refractivity (Wildman–Crippen MR) is 64.6 cm³/mol. The molecule has 0 saturated carbocycles. The number of imidazole rings is 1. The lowest BCUT2D eigenvalue weighted by Gasteiger charge is -2.17. The number of nitrogens with zero attached hydrogens (tertiary/aromatic N) is 1. The second-order valence-corrected chi connectivity index (χ2v) is 4.42. The first-order valence-corrected chi connectivity index (χ1v) is 5.45. The molecule has 2 rings (SSSR count). The van der Waals surface area contributed by atoms with E-state index < -0.39 is 11.5 Å². The van der Waals surface area contributed by atoms with Crippen molar-refractivity contribution in [1.82, 2.24) is 9.97 Å². The topological polar surface area (TPSA) is 92.0 Å². The van der Waals surface area contributed by atoms with Gasteiger partial charge in [-0.2, -0.15) is 0 Å². The Morgan fingerprint density at radius 1 is 1.53 bits per heavy atom. The fourth-order valence-corrected chi connectivity index (χ4v) is 1.61. The molecule has 0 amide bonds. The van der Waals surface area contributed by atoms with Gasteiger partial charge in [0.2, 0.25) is 0 Å². The minimum absolute atomic E-state index is 0.349. The first-order chi connectivity index (χ1) is 7.99. The highest BCUT2D eigenvalue weighted by Crippen LogP contribution is 2.14. The molecule has 4 N–H and O–H groups in total. The molecule has 1 atom stereocenters. The van der Waals surface area contributed by atoms with E-state index in [9.17, 15) is 4.79 Å². The van der Waals surface area contributed by atoms with E-state index in [1.165, 1.54) is 6.92 Å². The van der Waals surface area contributed by atoms with Crippen LogP contribution in [0, 0.1) is 0 Å². The van der Waals surface area contributed by atoms with E-state index in [4.69, 9.17) is 10.8 Å². The standard InChI is InChI=1S/C12H15N3O2/c1-12(13,11(16)17)7-6-10-14-8-4-2-3-5-9(8)15-10/h2-5H,6-7,13H2,1H3,(H,14,15)(H,16,17). The van der Waals surface area contributed by atoms with Crippen LogP contribution in [-0.4, -0.2) is 26.6 Å². The minimum atomic E-state index is -1.21. The van der Waals surface area contributed by atoms with Gasteiger partial charge in [0.15, 0.2) is 0 Å². The number of benzene rings is 1. The van der Waals surface area contributed by atoms with Crippen LogP contribution in [0.4, 0.5) is 0 Å². The molecule has 0 bridgehead atoms. The Hall–Kier alpha value is -1.88. The van der Waals surface area contributed by atoms with Gasteiger partial charge in [-0.1, -0.05) is 12.1 Å². The summed E-state index contributed by atoms with van der Waals surface area (Å²) in [6.45, 7) is 1.51. The summed E-state index contributed by atoms with van der Waals surface area (Å²) in [5.74, 6) is -0.224. The Balaban J connectivity index is 2.12. The molecule has 1 heterocycles. The van der Waals surface area contributed by atoms with Gasteiger partial charge in [-0.3, -0.25) is 4.79 Å². The van der Waals surface area contributed by atoms with E-state index in [1.54, 1.807) is 0 Å². The second-order valence-electron chi connectivity index (χ2n) is 4.42. The summed E-state index contributed by atoms with van der Waals surface area (Å²) in [5.41, 5.74) is 6.29. The molecule has 0 radical (unpaired) electrons. The van der Waals surface area contributed by atoms with Gasteiger partial charge in [-0.15, -0.1) is 0 Å². The number of aromatic amines is 1. The number of nitrogens with one attached hydrogen (secondary N) is 1. The number of rotatable bonds is 4. The number of hydrogen-bond acceptors (Lipinski definition) is 3. The molecule has 1 aromatic heterocycles. The highest BCUT2D eigenvalue weighted by Gasteiger charge is 2.27. The van der Waals surface area contributed by atoms with Crippen LogP contribution >= 0.6 is 0 Å². The maximum atomic E-state index is 10.9. The summed E-state index contributed by atoms with van der Waals surface area (Å²) in [6.07, 6.45) is 0.871. The molecule has 1 aromatic carbocycles. The molecule has 90 valence electrons. The zero-order valence-electron chi connectivity index (χ0n) is 9.60. The molecular weight excluding hydrogens is 218 g/mol. The second kappa shape index (κ2) is 4.18. The van der Waals surface area contributed by atoms with E-state index >= 15 is 0 Å². The van der Waals surface area contributed by atoms with Crippen molar-refractivity contribution in [1.29, 1.82) is 0 Å². The third kappa shape index (κ3) is 2.45. The average molecular weight is 233 g/mol. The van der Waals surface area contributed by atoms with Gasteiger partial charge in [0.25, 0.3) is 0 Å². The number of para-hydroxylation sites is 2. The normalized spacial score (nSPS) is 14.7. The quantitative estimate of drug-likeness (QED) is 0.742. The summed E-state index contributed by atoms with van der Waals surface area (Å²) in [6, 6.07) is 7.69. The number of nitrogens with two attached hydrogens (primary N) is 1. The smallest absolute Gasteiger partial charge is 0.323 e. The number of fused-ring (bicyclic) bond motifs is 1. The zero-order chi connectivity index (χ0) is 12.5. The van der Waals surface area contributed by atoms with Gasteiger partial charge in [-0.05, 0) is 25.5 Å². The van der Waals surface area contributed by atoms with Crippen LogP contribution in [0.25, 0.3) is 11.0 Å². The Morgan fingerprint density at radius 2 is 2.24 bits per heavy atom. The van der Waals surface area contributed by atoms with Crippen molar-refractivity contribution < 1.29 is 9.90 Å². The van der Waals surface area contributed by atoms with Crippen molar-refractivity contribution in [3.05, 3.63) is 30.1 Å². The Bertz CT molecular complexity index is 512. The summed E-state index contributed by atoms with van der Waals surface area (Å²) in [5, 5.41) is 8.90. The molecule has 0 fully saturated rings. The largest absolute Gasteiger partial charge is 0.480 e. The van der Waals surface area contributed by atoms with Crippen LogP contribution in [0.2, 0.25) is 0 Å². The Morgan fingerprint density at radius 3 is 2.88 bits per heavy atom. The molecular formula is C12H15N3O2. The minimum Gasteiger partial charge on any atom is -0.480 e. The SMILES string of the molecule is CC(N)(CCc1nc2ccccc2[nH]1)C(=O)O. The first kappa shape index (κ1) is 11.6. The van der Waals surface area contributed by atoms with Gasteiger partial charge in [0.05, 0.1) is 11.0 Å². The summed E-state index contributed by atoms with van der Waals surface area (Å²) in [7, 11) is 0. The van der Waals surface area contributed by atoms with Crippen molar-refractivity contribution in [2.45, 2.75) is 25.3 Å². The number of aryl methyl sites for hydroxylation is 1. The zero-order valence-corrected chi connectivity index (χ0v) is 9.60. The predicted octanol–water partition coefficient (Wildman–Crippen LogP) is 1.30. The van der Waals surface area contributed by atoms with Gasteiger partial charge < -0.3 is 15.8 Å². The van der Waals surface area contributed by atoms with Crippen LogP contribution in [0.15, 0.2) is 24.3 Å². The van der Waals surface area contributed by atoms with E-state index in [-0.39, 0.29) is 0 Å². The highest BCUT2D eigenvalue weighted by atomic mass is 16.4. The third-order valence-electron chi connectivity index (χ3n) is 2.81. The maximum Gasteiger partial charge on any atom is 0.323 e. The summed E-state index contributed by atoms with van der Waals surface area (Å²) < 4.78 is 0. The molecule has 0 aliphatic rings. The molecule has 1 unspecified atom stereocenters. The number of carboxylic acid groups (broad SMARTS) is 1. The summed E-state index contributed by atoms with van der Waals surface area (Å²) in [4.78, 5) is 18.4. The van der Waals surface area contributed by atoms with E-state index in [0.29, 0.717) is 12.8 Å². The number of aromatic nitrogens is 2. The molecule has 5 nitrogen and oxygen atoms in total. The molecule has 0 aliphatic carbocycles. The van der Waals surface area contributed by atoms with Gasteiger partial charge in [0, 0.05) is 6.42 Å². The molecule has 0 spiro atoms. The van der Waals surface area contributed by atoms with E-state index in [1.807, 2.05) is 24.3 Å². The Labute approximate surface area is 98.7 Å². The van der Waals surface area contributed by atoms with Crippen LogP contribution in [0.3, 0.4) is 0 Å². The number of hydrogen-bond donors (Lipinski definition) is 3. The molecule has 0 aliphatic heterocycles. The fourth-order valence-electron chi connectivity index (χ4n) is 1.61. The van der Waals surface area contributed by atoms with Crippen LogP contribution in [0.1, 0.15) is 19.2 Å². The van der Waals surface area contributed by atoms with Crippen LogP contribution in [0.5, 0.6) is 0 Å². The average Bonchev–Trinajstić information content (AvgIpc) is 2.69. The highest BCUT2D eigenvalue weighted by molar-refractivity contribution is 5.78. The van der Waals surface area contributed by atoms with Crippen LogP contribution in [-0.2, 0) is 11.2 Å². The lowest BCUT2D eigenvalue weighted by Crippen LogP contribution is -2.45. The van der Waals surface area contributed by atoms with Crippen molar-refractivity contribution in [2.75, 3.05) is 0 Å². The molecule has 17 heavy (non-hydrogen) atoms. The molecule has 5 heteroatoms. The number of carboxylic acids is 1. The molecule has 0 saturated heterocycles. The first-order valence-electron chi connectivity index (χ1n) is 5.45. The van der Waals surface area contributed by atoms with E-state index in [0.717, 1.165) is 16.9 Å². The number of carbonyl (C=O) groups is 1. The van der Waals surface area contributed by atoms with Crippen molar-refractivity contribution in [2.24, 2.45) is 5.73 Å². The Kier molecular flexibility index (Phi) is 2.85. The summed E-state index contributed by atoms with van der Waals surface area (Å²) >= 11 is 0. The van der Waals surface area contributed by atoms with Crippen molar-refractivity contribution in [3.8, 4) is 0 Å². The maximum absolute atomic E-state index is 10.9. The third-order valence-corrected chi connectivity index (χ3v) is 2.81.